The largest absolute Gasteiger partial charge is 0.477 e. The fourth-order valence-corrected chi connectivity index (χ4v) is 0.934. The van der Waals surface area contributed by atoms with Crippen molar-refractivity contribution in [1.29, 1.82) is 0 Å². The summed E-state index contributed by atoms with van der Waals surface area (Å²) >= 11 is 0. The van der Waals surface area contributed by atoms with E-state index in [4.69, 9.17) is 4.74 Å². The first kappa shape index (κ1) is 9.96. The van der Waals surface area contributed by atoms with Gasteiger partial charge < -0.3 is 4.74 Å². The van der Waals surface area contributed by atoms with Crippen molar-refractivity contribution in [3.05, 3.63) is 17.8 Å². The van der Waals surface area contributed by atoms with E-state index in [1.165, 1.54) is 0 Å². The number of rotatable bonds is 5. The Balaban J connectivity index is 2.40. The summed E-state index contributed by atoms with van der Waals surface area (Å²) in [5.74, 6) is 0.630. The highest BCUT2D eigenvalue weighted by Crippen LogP contribution is 2.05. The van der Waals surface area contributed by atoms with Gasteiger partial charge in [-0.3, -0.25) is 0 Å². The molecule has 1 aromatic rings. The molecular weight excluding hydrogens is 164 g/mol. The standard InChI is InChI=1S/C10H16N2O/c1-3-5-8-13-10-7-6-9(4-2)11-12-10/h6-7H,3-5,8H2,1-2H3. The lowest BCUT2D eigenvalue weighted by Gasteiger charge is -2.02. The van der Waals surface area contributed by atoms with Crippen LogP contribution in [0.5, 0.6) is 5.88 Å². The van der Waals surface area contributed by atoms with Crippen molar-refractivity contribution in [2.75, 3.05) is 6.61 Å². The first-order chi connectivity index (χ1) is 6.36. The van der Waals surface area contributed by atoms with E-state index in [0.29, 0.717) is 5.88 Å². The molecule has 1 aromatic heterocycles. The number of hydrogen-bond donors (Lipinski definition) is 0. The summed E-state index contributed by atoms with van der Waals surface area (Å²) in [6, 6.07) is 3.83. The number of aromatic nitrogens is 2. The third-order valence-electron chi connectivity index (χ3n) is 1.81. The number of aryl methyl sites for hydroxylation is 1. The van der Waals surface area contributed by atoms with Crippen molar-refractivity contribution >= 4 is 0 Å². The highest BCUT2D eigenvalue weighted by Gasteiger charge is 1.95. The quantitative estimate of drug-likeness (QED) is 0.652. The second-order valence-corrected chi connectivity index (χ2v) is 2.92. The normalized spacial score (nSPS) is 10.0. The van der Waals surface area contributed by atoms with Crippen molar-refractivity contribution in [2.24, 2.45) is 0 Å². The van der Waals surface area contributed by atoms with Crippen LogP contribution >= 0.6 is 0 Å². The van der Waals surface area contributed by atoms with Crippen LogP contribution in [0.2, 0.25) is 0 Å². The molecule has 0 spiro atoms. The Kier molecular flexibility index (Phi) is 4.23. The maximum atomic E-state index is 5.37. The van der Waals surface area contributed by atoms with E-state index in [0.717, 1.165) is 31.6 Å². The van der Waals surface area contributed by atoms with Gasteiger partial charge in [0.05, 0.1) is 12.3 Å². The number of ether oxygens (including phenoxy) is 1. The molecule has 0 bridgehead atoms. The van der Waals surface area contributed by atoms with Crippen LogP contribution in [0, 0.1) is 0 Å². The molecule has 3 nitrogen and oxygen atoms in total. The van der Waals surface area contributed by atoms with E-state index in [1.807, 2.05) is 12.1 Å². The lowest BCUT2D eigenvalue weighted by Crippen LogP contribution is -2.00. The summed E-state index contributed by atoms with van der Waals surface area (Å²) in [4.78, 5) is 0. The lowest BCUT2D eigenvalue weighted by atomic mass is 10.3. The van der Waals surface area contributed by atoms with Gasteiger partial charge in [-0.05, 0) is 18.9 Å². The van der Waals surface area contributed by atoms with Crippen LogP contribution < -0.4 is 4.74 Å². The van der Waals surface area contributed by atoms with E-state index in [2.05, 4.69) is 24.0 Å². The fourth-order valence-electron chi connectivity index (χ4n) is 0.934. The molecule has 0 aliphatic heterocycles. The summed E-state index contributed by atoms with van der Waals surface area (Å²) < 4.78 is 5.37. The van der Waals surface area contributed by atoms with Gasteiger partial charge in [0, 0.05) is 6.07 Å². The van der Waals surface area contributed by atoms with Crippen LogP contribution in [0.1, 0.15) is 32.4 Å². The van der Waals surface area contributed by atoms with Gasteiger partial charge in [-0.1, -0.05) is 20.3 Å². The molecule has 0 aromatic carbocycles. The minimum absolute atomic E-state index is 0.630. The zero-order valence-corrected chi connectivity index (χ0v) is 8.29. The molecule has 0 saturated heterocycles. The van der Waals surface area contributed by atoms with Crippen molar-refractivity contribution in [1.82, 2.24) is 10.2 Å². The van der Waals surface area contributed by atoms with Crippen molar-refractivity contribution in [3.63, 3.8) is 0 Å². The lowest BCUT2D eigenvalue weighted by molar-refractivity contribution is 0.294. The zero-order valence-electron chi connectivity index (χ0n) is 8.29. The number of nitrogens with zero attached hydrogens (tertiary/aromatic N) is 2. The average molecular weight is 180 g/mol. The van der Waals surface area contributed by atoms with Gasteiger partial charge in [-0.25, -0.2) is 0 Å². The van der Waals surface area contributed by atoms with Crippen molar-refractivity contribution in [3.8, 4) is 5.88 Å². The minimum atomic E-state index is 0.630. The highest BCUT2D eigenvalue weighted by molar-refractivity contribution is 5.11. The number of hydrogen-bond acceptors (Lipinski definition) is 3. The van der Waals surface area contributed by atoms with Crippen LogP contribution in [0.15, 0.2) is 12.1 Å². The Hall–Kier alpha value is -1.12. The molecule has 0 aliphatic rings. The summed E-state index contributed by atoms with van der Waals surface area (Å²) in [7, 11) is 0. The summed E-state index contributed by atoms with van der Waals surface area (Å²) in [5, 5.41) is 7.95. The average Bonchev–Trinajstić information content (AvgIpc) is 2.19. The summed E-state index contributed by atoms with van der Waals surface area (Å²) in [5.41, 5.74) is 1.00. The molecule has 1 heterocycles. The molecule has 1 rings (SSSR count). The zero-order chi connectivity index (χ0) is 9.52. The predicted molar refractivity (Wildman–Crippen MR) is 51.8 cm³/mol. The van der Waals surface area contributed by atoms with E-state index in [-0.39, 0.29) is 0 Å². The summed E-state index contributed by atoms with van der Waals surface area (Å²) in [6.45, 7) is 4.92. The third-order valence-corrected chi connectivity index (χ3v) is 1.81. The molecule has 0 amide bonds. The van der Waals surface area contributed by atoms with Gasteiger partial charge in [0.1, 0.15) is 0 Å². The van der Waals surface area contributed by atoms with E-state index >= 15 is 0 Å². The molecule has 0 radical (unpaired) electrons. The van der Waals surface area contributed by atoms with Crippen LogP contribution in [-0.4, -0.2) is 16.8 Å². The van der Waals surface area contributed by atoms with E-state index in [1.54, 1.807) is 0 Å². The molecule has 0 unspecified atom stereocenters. The second-order valence-electron chi connectivity index (χ2n) is 2.92. The third kappa shape index (κ3) is 3.40. The Morgan fingerprint density at radius 2 is 2.08 bits per heavy atom. The molecule has 72 valence electrons. The monoisotopic (exact) mass is 180 g/mol. The topological polar surface area (TPSA) is 35.0 Å². The molecule has 0 aliphatic carbocycles. The molecule has 0 N–H and O–H groups in total. The SMILES string of the molecule is CCCCOc1ccc(CC)nn1. The first-order valence-corrected chi connectivity index (χ1v) is 4.82. The van der Waals surface area contributed by atoms with Crippen LogP contribution in [0.3, 0.4) is 0 Å². The van der Waals surface area contributed by atoms with Crippen LogP contribution in [-0.2, 0) is 6.42 Å². The molecule has 13 heavy (non-hydrogen) atoms. The van der Waals surface area contributed by atoms with Gasteiger partial charge in [0.25, 0.3) is 0 Å². The van der Waals surface area contributed by atoms with Crippen LogP contribution in [0.25, 0.3) is 0 Å². The second kappa shape index (κ2) is 5.51. The van der Waals surface area contributed by atoms with Gasteiger partial charge >= 0.3 is 0 Å². The van der Waals surface area contributed by atoms with Gasteiger partial charge in [-0.2, -0.15) is 5.10 Å². The van der Waals surface area contributed by atoms with Gasteiger partial charge in [0.2, 0.25) is 5.88 Å². The molecule has 0 fully saturated rings. The van der Waals surface area contributed by atoms with Crippen molar-refractivity contribution < 1.29 is 4.74 Å². The Labute approximate surface area is 79.1 Å². The van der Waals surface area contributed by atoms with Crippen molar-refractivity contribution in [2.45, 2.75) is 33.1 Å². The molecule has 0 atom stereocenters. The Morgan fingerprint density at radius 1 is 1.23 bits per heavy atom. The maximum absolute atomic E-state index is 5.37. The van der Waals surface area contributed by atoms with E-state index < -0.39 is 0 Å². The smallest absolute Gasteiger partial charge is 0.233 e. The molecule has 0 saturated carbocycles. The predicted octanol–water partition coefficient (Wildman–Crippen LogP) is 2.22. The first-order valence-electron chi connectivity index (χ1n) is 4.82. The minimum Gasteiger partial charge on any atom is -0.477 e. The maximum Gasteiger partial charge on any atom is 0.233 e. The molecular formula is C10H16N2O. The fraction of sp³-hybridized carbons (Fsp3) is 0.600. The number of unbranched alkanes of at least 4 members (excludes halogenated alkanes) is 1. The van der Waals surface area contributed by atoms with Crippen LogP contribution in [0.4, 0.5) is 0 Å². The van der Waals surface area contributed by atoms with Gasteiger partial charge in [0.15, 0.2) is 0 Å². The highest BCUT2D eigenvalue weighted by atomic mass is 16.5. The summed E-state index contributed by atoms with van der Waals surface area (Å²) in [6.07, 6.45) is 3.12. The Morgan fingerprint density at radius 3 is 2.62 bits per heavy atom. The van der Waals surface area contributed by atoms with E-state index in [9.17, 15) is 0 Å². The Bertz CT molecular complexity index is 233. The van der Waals surface area contributed by atoms with Gasteiger partial charge in [-0.15, -0.1) is 5.10 Å². The molecule has 3 heteroatoms.